The number of carbonyl (C=O) groups is 1. The molecule has 0 saturated heterocycles. The molecular weight excluding hydrogens is 226 g/mol. The largest absolute Gasteiger partial charge is 0.457 e. The summed E-state index contributed by atoms with van der Waals surface area (Å²) in [5, 5.41) is 0. The first-order valence-electron chi connectivity index (χ1n) is 4.82. The summed E-state index contributed by atoms with van der Waals surface area (Å²) in [6.07, 6.45) is 3.94. The molecule has 2 aromatic rings. The number of fused-ring (bicyclic) bond motifs is 1. The second kappa shape index (κ2) is 4.58. The Morgan fingerprint density at radius 2 is 2.06 bits per heavy atom. The predicted octanol–water partition coefficient (Wildman–Crippen LogP) is 2.77. The van der Waals surface area contributed by atoms with E-state index in [0.29, 0.717) is 6.47 Å². The molecule has 2 aromatic heterocycles. The van der Waals surface area contributed by atoms with Crippen LogP contribution < -0.4 is 0 Å². The maximum Gasteiger partial charge on any atom is 0.293 e. The molecule has 16 heavy (non-hydrogen) atoms. The fraction of sp³-hybridized carbons (Fsp3) is 0.250. The van der Waals surface area contributed by atoms with E-state index in [2.05, 4.69) is 0 Å². The smallest absolute Gasteiger partial charge is 0.293 e. The maximum absolute atomic E-state index is 10.4. The lowest BCUT2D eigenvalue weighted by molar-refractivity contribution is -0.141. The topological polar surface area (TPSA) is 30.7 Å². The summed E-state index contributed by atoms with van der Waals surface area (Å²) in [6, 6.07) is 7.97. The molecule has 0 saturated carbocycles. The standard InChI is InChI=1S/C12H13NO2.ClH/c1-12(2,15-9-14)10-5-7-13-6-3-4-11(13)8-10;/h3-9H,1-2H3;1H. The average molecular weight is 240 g/mol. The number of ether oxygens (including phenoxy) is 1. The molecule has 4 heteroatoms. The highest BCUT2D eigenvalue weighted by Gasteiger charge is 2.21. The van der Waals surface area contributed by atoms with Crippen molar-refractivity contribution in [1.29, 1.82) is 0 Å². The minimum absolute atomic E-state index is 0. The summed E-state index contributed by atoms with van der Waals surface area (Å²) >= 11 is 0. The minimum atomic E-state index is -0.576. The summed E-state index contributed by atoms with van der Waals surface area (Å²) in [7, 11) is 0. The van der Waals surface area contributed by atoms with E-state index in [4.69, 9.17) is 4.74 Å². The Morgan fingerprint density at radius 1 is 1.31 bits per heavy atom. The van der Waals surface area contributed by atoms with Crippen LogP contribution in [0, 0.1) is 0 Å². The first-order chi connectivity index (χ1) is 7.13. The van der Waals surface area contributed by atoms with Gasteiger partial charge in [0.15, 0.2) is 0 Å². The third-order valence-electron chi connectivity index (χ3n) is 2.57. The number of hydrogen-bond acceptors (Lipinski definition) is 2. The van der Waals surface area contributed by atoms with Gasteiger partial charge < -0.3 is 9.14 Å². The Hall–Kier alpha value is -1.48. The molecule has 0 aliphatic rings. The molecule has 0 aliphatic heterocycles. The van der Waals surface area contributed by atoms with Crippen molar-refractivity contribution in [3.8, 4) is 0 Å². The molecule has 0 atom stereocenters. The van der Waals surface area contributed by atoms with Crippen LogP contribution in [0.15, 0.2) is 36.7 Å². The predicted molar refractivity (Wildman–Crippen MR) is 64.8 cm³/mol. The minimum Gasteiger partial charge on any atom is -0.457 e. The molecule has 0 fully saturated rings. The van der Waals surface area contributed by atoms with Gasteiger partial charge in [-0.3, -0.25) is 4.79 Å². The van der Waals surface area contributed by atoms with Gasteiger partial charge in [-0.2, -0.15) is 0 Å². The first-order valence-corrected chi connectivity index (χ1v) is 4.82. The van der Waals surface area contributed by atoms with Gasteiger partial charge in [-0.1, -0.05) is 0 Å². The van der Waals surface area contributed by atoms with Crippen LogP contribution in [-0.2, 0) is 15.1 Å². The van der Waals surface area contributed by atoms with Crippen LogP contribution in [0.2, 0.25) is 0 Å². The number of carbonyl (C=O) groups excluding carboxylic acids is 1. The SMILES string of the molecule is CC(C)(OC=O)c1ccn2cccc2c1.Cl. The number of pyridine rings is 1. The quantitative estimate of drug-likeness (QED) is 0.772. The highest BCUT2D eigenvalue weighted by molar-refractivity contribution is 5.85. The van der Waals surface area contributed by atoms with Crippen LogP contribution in [0.5, 0.6) is 0 Å². The Bertz CT molecular complexity index is 490. The van der Waals surface area contributed by atoms with E-state index in [0.717, 1.165) is 11.1 Å². The van der Waals surface area contributed by atoms with Crippen molar-refractivity contribution in [1.82, 2.24) is 4.40 Å². The van der Waals surface area contributed by atoms with Crippen LogP contribution in [0.4, 0.5) is 0 Å². The summed E-state index contributed by atoms with van der Waals surface area (Å²) in [5.41, 5.74) is 1.50. The van der Waals surface area contributed by atoms with E-state index in [1.54, 1.807) is 0 Å². The normalized spacial score (nSPS) is 10.9. The lowest BCUT2D eigenvalue weighted by atomic mass is 9.99. The molecule has 0 radical (unpaired) electrons. The van der Waals surface area contributed by atoms with Crippen molar-refractivity contribution in [2.24, 2.45) is 0 Å². The lowest BCUT2D eigenvalue weighted by Gasteiger charge is -2.23. The van der Waals surface area contributed by atoms with Gasteiger partial charge in [0.1, 0.15) is 5.60 Å². The van der Waals surface area contributed by atoms with Gasteiger partial charge in [-0.15, -0.1) is 12.4 Å². The van der Waals surface area contributed by atoms with E-state index in [-0.39, 0.29) is 12.4 Å². The van der Waals surface area contributed by atoms with Crippen molar-refractivity contribution in [2.45, 2.75) is 19.4 Å². The van der Waals surface area contributed by atoms with E-state index < -0.39 is 5.60 Å². The van der Waals surface area contributed by atoms with Crippen LogP contribution in [0.3, 0.4) is 0 Å². The molecule has 0 bridgehead atoms. The van der Waals surface area contributed by atoms with E-state index in [1.807, 2.05) is 54.9 Å². The number of rotatable bonds is 3. The Labute approximate surface area is 100 Å². The third-order valence-corrected chi connectivity index (χ3v) is 2.57. The Kier molecular flexibility index (Phi) is 3.60. The first kappa shape index (κ1) is 12.6. The molecule has 0 amide bonds. The Morgan fingerprint density at radius 3 is 2.75 bits per heavy atom. The zero-order valence-corrected chi connectivity index (χ0v) is 10.0. The molecule has 0 spiro atoms. The zero-order chi connectivity index (χ0) is 10.9. The Balaban J connectivity index is 0.00000128. The number of halogens is 1. The van der Waals surface area contributed by atoms with Crippen molar-refractivity contribution < 1.29 is 9.53 Å². The van der Waals surface area contributed by atoms with Gasteiger partial charge in [-0.05, 0) is 43.7 Å². The molecule has 0 aromatic carbocycles. The second-order valence-corrected chi connectivity index (χ2v) is 3.98. The van der Waals surface area contributed by atoms with Crippen molar-refractivity contribution in [2.75, 3.05) is 0 Å². The van der Waals surface area contributed by atoms with Gasteiger partial charge in [0.25, 0.3) is 6.47 Å². The van der Waals surface area contributed by atoms with Crippen LogP contribution >= 0.6 is 12.4 Å². The third kappa shape index (κ3) is 2.19. The summed E-state index contributed by atoms with van der Waals surface area (Å²) in [6.45, 7) is 4.23. The van der Waals surface area contributed by atoms with Crippen LogP contribution in [0.1, 0.15) is 19.4 Å². The highest BCUT2D eigenvalue weighted by atomic mass is 35.5. The number of hydrogen-bond donors (Lipinski definition) is 0. The summed E-state index contributed by atoms with van der Waals surface area (Å²) in [4.78, 5) is 10.4. The van der Waals surface area contributed by atoms with Gasteiger partial charge in [0.05, 0.1) is 0 Å². The van der Waals surface area contributed by atoms with Crippen LogP contribution in [0.25, 0.3) is 5.52 Å². The maximum atomic E-state index is 10.4. The van der Waals surface area contributed by atoms with Gasteiger partial charge in [-0.25, -0.2) is 0 Å². The van der Waals surface area contributed by atoms with E-state index >= 15 is 0 Å². The average Bonchev–Trinajstić information content (AvgIpc) is 2.63. The molecule has 86 valence electrons. The molecule has 2 rings (SSSR count). The molecule has 0 aliphatic carbocycles. The molecule has 2 heterocycles. The van der Waals surface area contributed by atoms with E-state index in [9.17, 15) is 4.79 Å². The van der Waals surface area contributed by atoms with Crippen LogP contribution in [-0.4, -0.2) is 10.9 Å². The van der Waals surface area contributed by atoms with Crippen molar-refractivity contribution in [3.05, 3.63) is 42.2 Å². The number of nitrogens with zero attached hydrogens (tertiary/aromatic N) is 1. The van der Waals surface area contributed by atoms with Gasteiger partial charge in [0, 0.05) is 17.9 Å². The monoisotopic (exact) mass is 239 g/mol. The van der Waals surface area contributed by atoms with Crippen molar-refractivity contribution >= 4 is 24.4 Å². The van der Waals surface area contributed by atoms with Gasteiger partial charge >= 0.3 is 0 Å². The summed E-state index contributed by atoms with van der Waals surface area (Å²) in [5.74, 6) is 0. The zero-order valence-electron chi connectivity index (χ0n) is 9.21. The van der Waals surface area contributed by atoms with E-state index in [1.165, 1.54) is 0 Å². The highest BCUT2D eigenvalue weighted by Crippen LogP contribution is 2.24. The molecule has 0 N–H and O–H groups in total. The number of aromatic nitrogens is 1. The van der Waals surface area contributed by atoms with Crippen molar-refractivity contribution in [3.63, 3.8) is 0 Å². The van der Waals surface area contributed by atoms with Gasteiger partial charge in [0.2, 0.25) is 0 Å². The summed E-state index contributed by atoms with van der Waals surface area (Å²) < 4.78 is 7.07. The molecular formula is C12H14ClNO2. The second-order valence-electron chi connectivity index (χ2n) is 3.98. The lowest BCUT2D eigenvalue weighted by Crippen LogP contribution is -2.20. The fourth-order valence-corrected chi connectivity index (χ4v) is 1.60. The molecule has 3 nitrogen and oxygen atoms in total. The molecule has 0 unspecified atom stereocenters. The fourth-order valence-electron chi connectivity index (χ4n) is 1.60.